The van der Waals surface area contributed by atoms with E-state index < -0.39 is 5.25 Å². The minimum Gasteiger partial charge on any atom is -0.325 e. The van der Waals surface area contributed by atoms with E-state index in [0.717, 1.165) is 33.0 Å². The Labute approximate surface area is 168 Å². The molecule has 28 heavy (non-hydrogen) atoms. The summed E-state index contributed by atoms with van der Waals surface area (Å²) in [5, 5.41) is 3.33. The van der Waals surface area contributed by atoms with Crippen LogP contribution in [0.15, 0.2) is 90.0 Å². The molecule has 4 rings (SSSR count). The molecule has 1 aromatic heterocycles. The third-order valence-corrected chi connectivity index (χ3v) is 5.64. The number of amides is 1. The molecular weight excluding hydrogens is 366 g/mol. The van der Waals surface area contributed by atoms with Gasteiger partial charge in [0.25, 0.3) is 0 Å². The number of rotatable bonds is 5. The molecule has 5 heteroatoms. The van der Waals surface area contributed by atoms with Gasteiger partial charge in [-0.05, 0) is 36.8 Å². The molecule has 0 spiro atoms. The van der Waals surface area contributed by atoms with Gasteiger partial charge in [-0.1, -0.05) is 72.4 Å². The molecule has 1 unspecified atom stereocenters. The first kappa shape index (κ1) is 18.2. The fraction of sp³-hybridized carbons (Fsp3) is 0.0870. The Bertz CT molecular complexity index is 1100. The van der Waals surface area contributed by atoms with E-state index in [-0.39, 0.29) is 5.91 Å². The van der Waals surface area contributed by atoms with E-state index in [4.69, 9.17) is 4.98 Å². The van der Waals surface area contributed by atoms with Crippen molar-refractivity contribution in [2.45, 2.75) is 17.2 Å². The van der Waals surface area contributed by atoms with Gasteiger partial charge >= 0.3 is 0 Å². The molecule has 0 saturated heterocycles. The second kappa shape index (κ2) is 8.23. The average molecular weight is 385 g/mol. The highest BCUT2D eigenvalue weighted by Crippen LogP contribution is 2.37. The molecule has 138 valence electrons. The van der Waals surface area contributed by atoms with Crippen LogP contribution in [-0.4, -0.2) is 15.9 Å². The molecule has 1 atom stereocenters. The van der Waals surface area contributed by atoms with Gasteiger partial charge in [0.15, 0.2) is 0 Å². The number of benzene rings is 3. The van der Waals surface area contributed by atoms with Crippen molar-refractivity contribution < 1.29 is 4.79 Å². The van der Waals surface area contributed by atoms with E-state index in [1.54, 1.807) is 0 Å². The first-order valence-corrected chi connectivity index (χ1v) is 9.89. The molecule has 0 aliphatic carbocycles. The quantitative estimate of drug-likeness (QED) is 0.467. The molecule has 0 radical (unpaired) electrons. The molecule has 4 nitrogen and oxygen atoms in total. The van der Waals surface area contributed by atoms with Crippen LogP contribution < -0.4 is 5.32 Å². The molecule has 0 fully saturated rings. The van der Waals surface area contributed by atoms with Gasteiger partial charge in [-0.3, -0.25) is 4.79 Å². The lowest BCUT2D eigenvalue weighted by atomic mass is 10.1. The minimum atomic E-state index is -0.435. The summed E-state index contributed by atoms with van der Waals surface area (Å²) >= 11 is 1.42. The molecule has 0 saturated carbocycles. The van der Waals surface area contributed by atoms with Crippen molar-refractivity contribution in [1.82, 2.24) is 9.97 Å². The maximum absolute atomic E-state index is 13.1. The normalized spacial score (nSPS) is 11.9. The van der Waals surface area contributed by atoms with E-state index in [9.17, 15) is 4.79 Å². The van der Waals surface area contributed by atoms with Crippen LogP contribution in [0, 0.1) is 6.92 Å². The number of carbonyl (C=O) groups is 1. The summed E-state index contributed by atoms with van der Waals surface area (Å²) in [6.07, 6.45) is 0. The number of aromatic nitrogens is 2. The van der Waals surface area contributed by atoms with Gasteiger partial charge in [-0.25, -0.2) is 9.97 Å². The SMILES string of the molecule is Cc1nc2ccccc2nc1SC(C(=O)Nc1ccccc1)c1ccccc1. The predicted octanol–water partition coefficient (Wildman–Crippen LogP) is 5.41. The van der Waals surface area contributed by atoms with Gasteiger partial charge in [0.1, 0.15) is 10.3 Å². The van der Waals surface area contributed by atoms with Crippen molar-refractivity contribution in [2.75, 3.05) is 5.32 Å². The van der Waals surface area contributed by atoms with Crippen molar-refractivity contribution in [1.29, 1.82) is 0 Å². The average Bonchev–Trinajstić information content (AvgIpc) is 2.73. The van der Waals surface area contributed by atoms with Crippen molar-refractivity contribution >= 4 is 34.4 Å². The Hall–Kier alpha value is -3.18. The van der Waals surface area contributed by atoms with E-state index in [0.29, 0.717) is 0 Å². The van der Waals surface area contributed by atoms with Gasteiger partial charge in [-0.15, -0.1) is 0 Å². The van der Waals surface area contributed by atoms with Crippen LogP contribution in [0.25, 0.3) is 11.0 Å². The van der Waals surface area contributed by atoms with Crippen molar-refractivity contribution in [3.63, 3.8) is 0 Å². The fourth-order valence-electron chi connectivity index (χ4n) is 2.93. The zero-order valence-corrected chi connectivity index (χ0v) is 16.2. The number of anilines is 1. The molecule has 0 aliphatic rings. The summed E-state index contributed by atoms with van der Waals surface area (Å²) in [6, 6.07) is 27.0. The number of nitrogens with one attached hydrogen (secondary N) is 1. The molecule has 1 heterocycles. The summed E-state index contributed by atoms with van der Waals surface area (Å²) < 4.78 is 0. The minimum absolute atomic E-state index is 0.0863. The number of para-hydroxylation sites is 3. The highest BCUT2D eigenvalue weighted by atomic mass is 32.2. The lowest BCUT2D eigenvalue weighted by Gasteiger charge is -2.17. The van der Waals surface area contributed by atoms with Gasteiger partial charge in [0.2, 0.25) is 5.91 Å². The molecule has 3 aromatic carbocycles. The van der Waals surface area contributed by atoms with Crippen LogP contribution in [0.5, 0.6) is 0 Å². The first-order chi connectivity index (χ1) is 13.7. The van der Waals surface area contributed by atoms with Crippen LogP contribution in [0.4, 0.5) is 5.69 Å². The van der Waals surface area contributed by atoms with Crippen LogP contribution in [0.3, 0.4) is 0 Å². The lowest BCUT2D eigenvalue weighted by molar-refractivity contribution is -0.115. The lowest BCUT2D eigenvalue weighted by Crippen LogP contribution is -2.19. The van der Waals surface area contributed by atoms with E-state index >= 15 is 0 Å². The summed E-state index contributed by atoms with van der Waals surface area (Å²) in [7, 11) is 0. The molecule has 0 aliphatic heterocycles. The highest BCUT2D eigenvalue weighted by molar-refractivity contribution is 8.00. The van der Waals surface area contributed by atoms with Crippen molar-refractivity contribution in [3.8, 4) is 0 Å². The molecular formula is C23H19N3OS. The summed E-state index contributed by atoms with van der Waals surface area (Å²) in [6.45, 7) is 1.93. The zero-order valence-electron chi connectivity index (χ0n) is 15.4. The second-order valence-electron chi connectivity index (χ2n) is 6.37. The standard InChI is InChI=1S/C23H19N3OS/c1-16-23(26-20-15-9-8-14-19(20)24-16)28-21(17-10-4-2-5-11-17)22(27)25-18-12-6-3-7-13-18/h2-15,21H,1H3,(H,25,27). The number of hydrogen-bond acceptors (Lipinski definition) is 4. The maximum Gasteiger partial charge on any atom is 0.242 e. The molecule has 1 amide bonds. The van der Waals surface area contributed by atoms with Crippen LogP contribution in [0.1, 0.15) is 16.5 Å². The monoisotopic (exact) mass is 385 g/mol. The van der Waals surface area contributed by atoms with Gasteiger partial charge < -0.3 is 5.32 Å². The van der Waals surface area contributed by atoms with E-state index in [1.807, 2.05) is 91.9 Å². The first-order valence-electron chi connectivity index (χ1n) is 9.01. The fourth-order valence-corrected chi connectivity index (χ4v) is 3.98. The number of nitrogens with zero attached hydrogens (tertiary/aromatic N) is 2. The number of hydrogen-bond donors (Lipinski definition) is 1. The van der Waals surface area contributed by atoms with Crippen LogP contribution in [0.2, 0.25) is 0 Å². The third kappa shape index (κ3) is 4.05. The Balaban J connectivity index is 1.68. The Morgan fingerprint density at radius 3 is 2.07 bits per heavy atom. The Morgan fingerprint density at radius 1 is 0.821 bits per heavy atom. The number of thioether (sulfide) groups is 1. The predicted molar refractivity (Wildman–Crippen MR) is 114 cm³/mol. The number of carbonyl (C=O) groups excluding carboxylic acids is 1. The molecule has 0 bridgehead atoms. The molecule has 4 aromatic rings. The van der Waals surface area contributed by atoms with Crippen LogP contribution >= 0.6 is 11.8 Å². The van der Waals surface area contributed by atoms with E-state index in [2.05, 4.69) is 10.3 Å². The maximum atomic E-state index is 13.1. The van der Waals surface area contributed by atoms with E-state index in [1.165, 1.54) is 11.8 Å². The van der Waals surface area contributed by atoms with Crippen LogP contribution in [-0.2, 0) is 4.79 Å². The Kier molecular flexibility index (Phi) is 5.35. The van der Waals surface area contributed by atoms with Gasteiger partial charge in [0, 0.05) is 5.69 Å². The summed E-state index contributed by atoms with van der Waals surface area (Å²) in [5.41, 5.74) is 4.20. The van der Waals surface area contributed by atoms with Crippen molar-refractivity contribution in [3.05, 3.63) is 96.2 Å². The zero-order chi connectivity index (χ0) is 19.3. The Morgan fingerprint density at radius 2 is 1.39 bits per heavy atom. The number of aryl methyl sites for hydroxylation is 1. The third-order valence-electron chi connectivity index (χ3n) is 4.31. The largest absolute Gasteiger partial charge is 0.325 e. The smallest absolute Gasteiger partial charge is 0.242 e. The highest BCUT2D eigenvalue weighted by Gasteiger charge is 2.24. The summed E-state index contributed by atoms with van der Waals surface area (Å²) in [5.74, 6) is -0.0863. The molecule has 1 N–H and O–H groups in total. The van der Waals surface area contributed by atoms with Gasteiger partial charge in [-0.2, -0.15) is 0 Å². The van der Waals surface area contributed by atoms with Gasteiger partial charge in [0.05, 0.1) is 16.7 Å². The second-order valence-corrected chi connectivity index (χ2v) is 7.46. The van der Waals surface area contributed by atoms with Crippen molar-refractivity contribution in [2.24, 2.45) is 0 Å². The summed E-state index contributed by atoms with van der Waals surface area (Å²) in [4.78, 5) is 22.5. The number of fused-ring (bicyclic) bond motifs is 1. The topological polar surface area (TPSA) is 54.9 Å².